The lowest BCUT2D eigenvalue weighted by atomic mass is 10.0. The molecular formula is C23H29NO3S. The van der Waals surface area contributed by atoms with Gasteiger partial charge in [0.25, 0.3) is 5.91 Å². The third kappa shape index (κ3) is 3.90. The molecule has 1 aliphatic rings. The highest BCUT2D eigenvalue weighted by Crippen LogP contribution is 2.30. The van der Waals surface area contributed by atoms with Crippen molar-refractivity contribution in [1.29, 1.82) is 0 Å². The zero-order valence-corrected chi connectivity index (χ0v) is 18.1. The van der Waals surface area contributed by atoms with Gasteiger partial charge in [-0.05, 0) is 61.6 Å². The van der Waals surface area contributed by atoms with Crippen molar-refractivity contribution in [3.8, 4) is 0 Å². The van der Waals surface area contributed by atoms with Crippen molar-refractivity contribution >= 4 is 23.4 Å². The predicted octanol–water partition coefficient (Wildman–Crippen LogP) is 5.18. The minimum absolute atomic E-state index is 0.142. The molecule has 0 aliphatic heterocycles. The van der Waals surface area contributed by atoms with Gasteiger partial charge in [-0.1, -0.05) is 20.8 Å². The highest BCUT2D eigenvalue weighted by molar-refractivity contribution is 7.98. The van der Waals surface area contributed by atoms with Gasteiger partial charge in [0.05, 0.1) is 0 Å². The number of carbonyl (C=O) groups is 1. The van der Waals surface area contributed by atoms with Crippen LogP contribution in [0.25, 0.3) is 0 Å². The minimum Gasteiger partial charge on any atom is -0.465 e. The van der Waals surface area contributed by atoms with Gasteiger partial charge >= 0.3 is 0 Å². The van der Waals surface area contributed by atoms with Gasteiger partial charge in [-0.15, -0.1) is 11.8 Å². The van der Waals surface area contributed by atoms with Crippen LogP contribution in [0, 0.1) is 0 Å². The van der Waals surface area contributed by atoms with Gasteiger partial charge in [0.1, 0.15) is 17.1 Å². The van der Waals surface area contributed by atoms with Crippen LogP contribution in [0.15, 0.2) is 26.2 Å². The Kier molecular flexibility index (Phi) is 6.65. The van der Waals surface area contributed by atoms with Crippen molar-refractivity contribution in [2.24, 2.45) is 0 Å². The molecule has 3 rings (SSSR count). The number of rotatable bonds is 7. The summed E-state index contributed by atoms with van der Waals surface area (Å²) >= 11 is 1.70. The normalized spacial score (nSPS) is 12.9. The lowest BCUT2D eigenvalue weighted by Gasteiger charge is -2.17. The van der Waals surface area contributed by atoms with Crippen LogP contribution in [0.2, 0.25) is 0 Å². The summed E-state index contributed by atoms with van der Waals surface area (Å²) in [6, 6.07) is 4.25. The molecule has 0 unspecified atom stereocenters. The largest absolute Gasteiger partial charge is 0.465 e. The third-order valence-electron chi connectivity index (χ3n) is 5.41. The molecule has 0 radical (unpaired) electrons. The average Bonchev–Trinajstić information content (AvgIpc) is 3.17. The Balaban J connectivity index is 2.06. The average molecular weight is 400 g/mol. The minimum atomic E-state index is -0.340. The molecule has 1 heterocycles. The Morgan fingerprint density at radius 2 is 1.82 bits per heavy atom. The quantitative estimate of drug-likeness (QED) is 0.652. The smallest absolute Gasteiger partial charge is 0.263 e. The maximum Gasteiger partial charge on any atom is 0.263 e. The van der Waals surface area contributed by atoms with Crippen molar-refractivity contribution in [2.45, 2.75) is 70.6 Å². The van der Waals surface area contributed by atoms with Crippen molar-refractivity contribution in [3.63, 3.8) is 0 Å². The number of amides is 1. The maximum absolute atomic E-state index is 13.2. The standard InChI is InChI=1S/C23H29NO3S/c1-5-9-19-20(22(25)17-10-8-11-18(17)27-19)23(26)24-21-14(6-2)12-16(28-4)13-15(21)7-3/h12-13H,5-11H2,1-4H3,(H,24,26). The summed E-state index contributed by atoms with van der Waals surface area (Å²) in [5.74, 6) is 0.966. The van der Waals surface area contributed by atoms with Crippen molar-refractivity contribution in [1.82, 2.24) is 0 Å². The van der Waals surface area contributed by atoms with Crippen molar-refractivity contribution in [3.05, 3.63) is 56.1 Å². The number of benzene rings is 1. The molecular weight excluding hydrogens is 370 g/mol. The van der Waals surface area contributed by atoms with E-state index >= 15 is 0 Å². The fourth-order valence-corrected chi connectivity index (χ4v) is 4.45. The molecule has 4 nitrogen and oxygen atoms in total. The number of anilines is 1. The summed E-state index contributed by atoms with van der Waals surface area (Å²) < 4.78 is 6.02. The first-order chi connectivity index (χ1) is 13.5. The van der Waals surface area contributed by atoms with Crippen LogP contribution in [0.1, 0.15) is 72.2 Å². The molecule has 5 heteroatoms. The van der Waals surface area contributed by atoms with E-state index in [0.29, 0.717) is 24.2 Å². The predicted molar refractivity (Wildman–Crippen MR) is 116 cm³/mol. The van der Waals surface area contributed by atoms with Gasteiger partial charge in [-0.3, -0.25) is 9.59 Å². The Morgan fingerprint density at radius 3 is 2.39 bits per heavy atom. The van der Waals surface area contributed by atoms with E-state index in [4.69, 9.17) is 4.42 Å². The number of nitrogens with one attached hydrogen (secondary N) is 1. The molecule has 28 heavy (non-hydrogen) atoms. The van der Waals surface area contributed by atoms with Crippen LogP contribution in [-0.2, 0) is 32.1 Å². The topological polar surface area (TPSA) is 59.3 Å². The Bertz CT molecular complexity index is 921. The summed E-state index contributed by atoms with van der Waals surface area (Å²) in [5, 5.41) is 3.07. The van der Waals surface area contributed by atoms with Gasteiger partial charge in [0.2, 0.25) is 5.43 Å². The number of aryl methyl sites for hydroxylation is 4. The first kappa shape index (κ1) is 20.7. The van der Waals surface area contributed by atoms with E-state index in [9.17, 15) is 9.59 Å². The summed E-state index contributed by atoms with van der Waals surface area (Å²) in [4.78, 5) is 27.5. The number of hydrogen-bond donors (Lipinski definition) is 1. The summed E-state index contributed by atoms with van der Waals surface area (Å²) in [5.41, 5.74) is 3.78. The molecule has 0 saturated carbocycles. The number of fused-ring (bicyclic) bond motifs is 1. The Morgan fingerprint density at radius 1 is 1.14 bits per heavy atom. The Hall–Kier alpha value is -2.01. The molecule has 2 aromatic rings. The van der Waals surface area contributed by atoms with E-state index in [0.717, 1.165) is 54.7 Å². The molecule has 0 atom stereocenters. The van der Waals surface area contributed by atoms with Crippen LogP contribution >= 0.6 is 11.8 Å². The third-order valence-corrected chi connectivity index (χ3v) is 6.12. The fourth-order valence-electron chi connectivity index (χ4n) is 3.93. The SMILES string of the molecule is CCCc1oc2c(c(=O)c1C(=O)Nc1c(CC)cc(SC)cc1CC)CCC2. The van der Waals surface area contributed by atoms with Crippen molar-refractivity contribution in [2.75, 3.05) is 11.6 Å². The van der Waals surface area contributed by atoms with E-state index in [1.165, 1.54) is 4.90 Å². The second kappa shape index (κ2) is 8.99. The van der Waals surface area contributed by atoms with Crippen LogP contribution in [-0.4, -0.2) is 12.2 Å². The number of carbonyl (C=O) groups excluding carboxylic acids is 1. The van der Waals surface area contributed by atoms with E-state index < -0.39 is 0 Å². The van der Waals surface area contributed by atoms with Crippen LogP contribution in [0.3, 0.4) is 0 Å². The van der Waals surface area contributed by atoms with Crippen LogP contribution in [0.5, 0.6) is 0 Å². The molecule has 1 aliphatic carbocycles. The van der Waals surface area contributed by atoms with Gasteiger partial charge in [-0.2, -0.15) is 0 Å². The van der Waals surface area contributed by atoms with E-state index in [1.807, 2.05) is 6.92 Å². The molecule has 0 spiro atoms. The second-order valence-corrected chi connectivity index (χ2v) is 8.10. The van der Waals surface area contributed by atoms with Crippen molar-refractivity contribution < 1.29 is 9.21 Å². The zero-order valence-electron chi connectivity index (χ0n) is 17.2. The van der Waals surface area contributed by atoms with Crippen LogP contribution in [0.4, 0.5) is 5.69 Å². The molecule has 1 aromatic carbocycles. The maximum atomic E-state index is 13.2. The summed E-state index contributed by atoms with van der Waals surface area (Å²) in [7, 11) is 0. The van der Waals surface area contributed by atoms with E-state index in [2.05, 4.69) is 37.6 Å². The summed E-state index contributed by atoms with van der Waals surface area (Å²) in [6.07, 6.45) is 7.52. The number of thioether (sulfide) groups is 1. The second-order valence-electron chi connectivity index (χ2n) is 7.22. The molecule has 0 bridgehead atoms. The first-order valence-electron chi connectivity index (χ1n) is 10.2. The lowest BCUT2D eigenvalue weighted by Crippen LogP contribution is -2.27. The van der Waals surface area contributed by atoms with Gasteiger partial charge in [0.15, 0.2) is 0 Å². The van der Waals surface area contributed by atoms with Crippen LogP contribution < -0.4 is 10.7 Å². The zero-order chi connectivity index (χ0) is 20.3. The van der Waals surface area contributed by atoms with Gasteiger partial charge in [0, 0.05) is 29.0 Å². The summed E-state index contributed by atoms with van der Waals surface area (Å²) in [6.45, 7) is 6.20. The highest BCUT2D eigenvalue weighted by Gasteiger charge is 2.27. The Labute approximate surface area is 171 Å². The molecule has 150 valence electrons. The fraction of sp³-hybridized carbons (Fsp3) is 0.478. The van der Waals surface area contributed by atoms with Gasteiger partial charge in [-0.25, -0.2) is 0 Å². The molecule has 0 fully saturated rings. The molecule has 1 amide bonds. The number of hydrogen-bond acceptors (Lipinski definition) is 4. The molecule has 1 aromatic heterocycles. The monoisotopic (exact) mass is 399 g/mol. The van der Waals surface area contributed by atoms with E-state index in [-0.39, 0.29) is 16.9 Å². The first-order valence-corrected chi connectivity index (χ1v) is 11.4. The highest BCUT2D eigenvalue weighted by atomic mass is 32.2. The molecule has 0 saturated heterocycles. The lowest BCUT2D eigenvalue weighted by molar-refractivity contribution is 0.102. The van der Waals surface area contributed by atoms with E-state index in [1.54, 1.807) is 11.8 Å². The van der Waals surface area contributed by atoms with Gasteiger partial charge < -0.3 is 9.73 Å². The molecule has 1 N–H and O–H groups in total.